The van der Waals surface area contributed by atoms with Crippen LogP contribution in [0.15, 0.2) is 0 Å². The zero-order valence-corrected chi connectivity index (χ0v) is 13.6. The van der Waals surface area contributed by atoms with Gasteiger partial charge in [-0.05, 0) is 64.0 Å². The van der Waals surface area contributed by atoms with Gasteiger partial charge in [0.25, 0.3) is 0 Å². The normalized spacial score (nSPS) is 41.7. The molecular weight excluding hydrogens is 262 g/mol. The Morgan fingerprint density at radius 3 is 2.71 bits per heavy atom. The highest BCUT2D eigenvalue weighted by Crippen LogP contribution is 2.33. The molecule has 0 aromatic rings. The van der Waals surface area contributed by atoms with Gasteiger partial charge in [-0.1, -0.05) is 6.92 Å². The van der Waals surface area contributed by atoms with Crippen molar-refractivity contribution in [2.45, 2.75) is 57.5 Å². The zero-order chi connectivity index (χ0) is 15.0. The Bertz CT molecular complexity index is 386. The van der Waals surface area contributed by atoms with E-state index >= 15 is 0 Å². The van der Waals surface area contributed by atoms with Crippen LogP contribution < -0.4 is 5.73 Å². The van der Waals surface area contributed by atoms with E-state index in [4.69, 9.17) is 5.73 Å². The van der Waals surface area contributed by atoms with Crippen molar-refractivity contribution in [1.29, 1.82) is 0 Å². The molecule has 2 saturated heterocycles. The van der Waals surface area contributed by atoms with Gasteiger partial charge in [-0.3, -0.25) is 4.79 Å². The number of fused-ring (bicyclic) bond motifs is 1. The second-order valence-corrected chi connectivity index (χ2v) is 7.67. The van der Waals surface area contributed by atoms with Crippen LogP contribution in [-0.4, -0.2) is 54.5 Å². The fourth-order valence-corrected chi connectivity index (χ4v) is 4.69. The lowest BCUT2D eigenvalue weighted by Crippen LogP contribution is -2.55. The molecule has 3 aliphatic rings. The van der Waals surface area contributed by atoms with Gasteiger partial charge in [0.1, 0.15) is 0 Å². The average molecular weight is 293 g/mol. The molecule has 5 unspecified atom stereocenters. The molecule has 2 aliphatic heterocycles. The summed E-state index contributed by atoms with van der Waals surface area (Å²) >= 11 is 0. The van der Waals surface area contributed by atoms with Crippen molar-refractivity contribution in [2.75, 3.05) is 26.7 Å². The number of hydrogen-bond donors (Lipinski definition) is 1. The summed E-state index contributed by atoms with van der Waals surface area (Å²) in [5.41, 5.74) is 6.18. The minimum Gasteiger partial charge on any atom is -0.342 e. The molecule has 3 rings (SSSR count). The molecule has 0 radical (unpaired) electrons. The summed E-state index contributed by atoms with van der Waals surface area (Å²) in [5, 5.41) is 0. The summed E-state index contributed by atoms with van der Waals surface area (Å²) in [5.74, 6) is 1.85. The molecule has 2 heterocycles. The summed E-state index contributed by atoms with van der Waals surface area (Å²) < 4.78 is 0. The van der Waals surface area contributed by atoms with Crippen molar-refractivity contribution in [3.8, 4) is 0 Å². The van der Waals surface area contributed by atoms with Gasteiger partial charge in [-0.2, -0.15) is 0 Å². The van der Waals surface area contributed by atoms with E-state index in [0.717, 1.165) is 38.8 Å². The third-order valence-corrected chi connectivity index (χ3v) is 6.26. The van der Waals surface area contributed by atoms with Gasteiger partial charge in [0.15, 0.2) is 0 Å². The van der Waals surface area contributed by atoms with Gasteiger partial charge in [0.2, 0.25) is 5.91 Å². The van der Waals surface area contributed by atoms with Gasteiger partial charge >= 0.3 is 0 Å². The largest absolute Gasteiger partial charge is 0.342 e. The Balaban J connectivity index is 1.59. The number of piperidine rings is 2. The van der Waals surface area contributed by atoms with E-state index in [0.29, 0.717) is 23.8 Å². The quantitative estimate of drug-likeness (QED) is 0.800. The number of carbonyl (C=O) groups excluding carboxylic acids is 1. The number of amides is 1. The maximum absolute atomic E-state index is 12.8. The van der Waals surface area contributed by atoms with Crippen LogP contribution >= 0.6 is 0 Å². The predicted molar refractivity (Wildman–Crippen MR) is 84.8 cm³/mol. The number of nitrogens with zero attached hydrogens (tertiary/aromatic N) is 2. The molecular formula is C17H31N3O. The lowest BCUT2D eigenvalue weighted by atomic mass is 9.78. The lowest BCUT2D eigenvalue weighted by Gasteiger charge is -2.47. The number of likely N-dealkylation sites (tertiary alicyclic amines) is 2. The summed E-state index contributed by atoms with van der Waals surface area (Å²) in [6.45, 7) is 5.37. The van der Waals surface area contributed by atoms with E-state index in [1.807, 2.05) is 0 Å². The molecule has 5 atom stereocenters. The standard InChI is InChI=1S/C17H31N3O/c1-12-5-6-13(10-15(12)18)17(21)20-9-7-16-14(11-20)4-3-8-19(16)2/h12-16H,3-11,18H2,1-2H3. The summed E-state index contributed by atoms with van der Waals surface area (Å²) in [4.78, 5) is 17.5. The molecule has 0 aromatic carbocycles. The molecule has 2 N–H and O–H groups in total. The fraction of sp³-hybridized carbons (Fsp3) is 0.941. The van der Waals surface area contributed by atoms with E-state index in [1.165, 1.54) is 19.4 Å². The summed E-state index contributed by atoms with van der Waals surface area (Å²) in [6, 6.07) is 0.919. The Labute approximate surface area is 129 Å². The first-order valence-corrected chi connectivity index (χ1v) is 8.81. The molecule has 0 bridgehead atoms. The monoisotopic (exact) mass is 293 g/mol. The molecule has 1 aliphatic carbocycles. The highest BCUT2D eigenvalue weighted by molar-refractivity contribution is 5.79. The highest BCUT2D eigenvalue weighted by Gasteiger charge is 2.38. The first-order valence-electron chi connectivity index (χ1n) is 8.81. The molecule has 1 amide bonds. The van der Waals surface area contributed by atoms with Crippen LogP contribution in [0.3, 0.4) is 0 Å². The van der Waals surface area contributed by atoms with Crippen LogP contribution in [0.2, 0.25) is 0 Å². The number of hydrogen-bond acceptors (Lipinski definition) is 3. The second kappa shape index (κ2) is 6.25. The first kappa shape index (κ1) is 15.3. The number of carbonyl (C=O) groups is 1. The van der Waals surface area contributed by atoms with Crippen molar-refractivity contribution in [3.63, 3.8) is 0 Å². The molecule has 3 fully saturated rings. The maximum atomic E-state index is 12.8. The minimum absolute atomic E-state index is 0.189. The SMILES string of the molecule is CC1CCC(C(=O)N2CCC3C(CCCN3C)C2)CC1N. The van der Waals surface area contributed by atoms with Crippen molar-refractivity contribution in [2.24, 2.45) is 23.5 Å². The van der Waals surface area contributed by atoms with Crippen molar-refractivity contribution in [1.82, 2.24) is 9.80 Å². The van der Waals surface area contributed by atoms with Crippen LogP contribution in [-0.2, 0) is 4.79 Å². The minimum atomic E-state index is 0.189. The lowest BCUT2D eigenvalue weighted by molar-refractivity contribution is -0.140. The van der Waals surface area contributed by atoms with E-state index < -0.39 is 0 Å². The molecule has 4 nitrogen and oxygen atoms in total. The molecule has 0 aromatic heterocycles. The summed E-state index contributed by atoms with van der Waals surface area (Å²) in [6.07, 6.45) is 6.77. The topological polar surface area (TPSA) is 49.6 Å². The van der Waals surface area contributed by atoms with Gasteiger partial charge in [0, 0.05) is 31.1 Å². The zero-order valence-electron chi connectivity index (χ0n) is 13.6. The van der Waals surface area contributed by atoms with Crippen LogP contribution in [0.4, 0.5) is 0 Å². The first-order chi connectivity index (χ1) is 10.1. The molecule has 4 heteroatoms. The number of nitrogens with two attached hydrogens (primary N) is 1. The van der Waals surface area contributed by atoms with Crippen LogP contribution in [0.1, 0.15) is 45.4 Å². The van der Waals surface area contributed by atoms with E-state index in [2.05, 4.69) is 23.8 Å². The Morgan fingerprint density at radius 1 is 1.14 bits per heavy atom. The molecule has 1 saturated carbocycles. The van der Waals surface area contributed by atoms with Crippen LogP contribution in [0.5, 0.6) is 0 Å². The van der Waals surface area contributed by atoms with E-state index in [-0.39, 0.29) is 12.0 Å². The van der Waals surface area contributed by atoms with E-state index in [9.17, 15) is 4.79 Å². The van der Waals surface area contributed by atoms with Gasteiger partial charge in [-0.25, -0.2) is 0 Å². The molecule has 21 heavy (non-hydrogen) atoms. The van der Waals surface area contributed by atoms with Gasteiger partial charge in [-0.15, -0.1) is 0 Å². The second-order valence-electron chi connectivity index (χ2n) is 7.67. The van der Waals surface area contributed by atoms with Crippen molar-refractivity contribution >= 4 is 5.91 Å². The Kier molecular flexibility index (Phi) is 4.55. The predicted octanol–water partition coefficient (Wildman–Crippen LogP) is 1.69. The average Bonchev–Trinajstić information content (AvgIpc) is 2.49. The van der Waals surface area contributed by atoms with Gasteiger partial charge in [0.05, 0.1) is 0 Å². The smallest absolute Gasteiger partial charge is 0.225 e. The summed E-state index contributed by atoms with van der Waals surface area (Å²) in [7, 11) is 2.25. The van der Waals surface area contributed by atoms with Crippen LogP contribution in [0.25, 0.3) is 0 Å². The van der Waals surface area contributed by atoms with Crippen LogP contribution in [0, 0.1) is 17.8 Å². The van der Waals surface area contributed by atoms with Crippen molar-refractivity contribution < 1.29 is 4.79 Å². The molecule has 120 valence electrons. The van der Waals surface area contributed by atoms with E-state index in [1.54, 1.807) is 0 Å². The third kappa shape index (κ3) is 3.11. The third-order valence-electron chi connectivity index (χ3n) is 6.26. The Hall–Kier alpha value is -0.610. The maximum Gasteiger partial charge on any atom is 0.225 e. The fourth-order valence-electron chi connectivity index (χ4n) is 4.69. The van der Waals surface area contributed by atoms with Crippen molar-refractivity contribution in [3.05, 3.63) is 0 Å². The Morgan fingerprint density at radius 2 is 1.95 bits per heavy atom. The molecule has 0 spiro atoms. The van der Waals surface area contributed by atoms with Gasteiger partial charge < -0.3 is 15.5 Å². The highest BCUT2D eigenvalue weighted by atomic mass is 16.2. The number of rotatable bonds is 1.